The van der Waals surface area contributed by atoms with Crippen LogP contribution in [0.5, 0.6) is 0 Å². The summed E-state index contributed by atoms with van der Waals surface area (Å²) in [4.78, 5) is 6.50. The molecule has 0 aliphatic carbocycles. The van der Waals surface area contributed by atoms with E-state index in [9.17, 15) is 8.78 Å². The molecule has 1 heterocycles. The molecule has 0 unspecified atom stereocenters. The number of nitrogens with two attached hydrogens (primary N) is 1. The standard InChI is InChI=1S/C11H11F2N3S/c1-16(11-15-6-8(5-14)17-11)10-4-7(12)2-3-9(10)13/h2-4,6H,5,14H2,1H3. The minimum atomic E-state index is -0.488. The van der Waals surface area contributed by atoms with Crippen LogP contribution in [-0.2, 0) is 6.54 Å². The second-order valence-electron chi connectivity index (χ2n) is 3.47. The molecule has 3 nitrogen and oxygen atoms in total. The molecule has 90 valence electrons. The van der Waals surface area contributed by atoms with Crippen molar-refractivity contribution in [1.29, 1.82) is 0 Å². The highest BCUT2D eigenvalue weighted by atomic mass is 32.1. The van der Waals surface area contributed by atoms with Crippen LogP contribution in [0.1, 0.15) is 4.88 Å². The van der Waals surface area contributed by atoms with Gasteiger partial charge in [-0.1, -0.05) is 0 Å². The van der Waals surface area contributed by atoms with E-state index < -0.39 is 11.6 Å². The van der Waals surface area contributed by atoms with Gasteiger partial charge in [-0.15, -0.1) is 11.3 Å². The zero-order valence-electron chi connectivity index (χ0n) is 9.15. The summed E-state index contributed by atoms with van der Waals surface area (Å²) < 4.78 is 26.6. The number of nitrogens with zero attached hydrogens (tertiary/aromatic N) is 2. The molecule has 0 spiro atoms. The second-order valence-corrected chi connectivity index (χ2v) is 4.56. The molecule has 1 aromatic carbocycles. The lowest BCUT2D eigenvalue weighted by Crippen LogP contribution is -2.11. The summed E-state index contributed by atoms with van der Waals surface area (Å²) in [7, 11) is 1.64. The van der Waals surface area contributed by atoms with Crippen molar-refractivity contribution < 1.29 is 8.78 Å². The topological polar surface area (TPSA) is 42.2 Å². The molecular weight excluding hydrogens is 244 g/mol. The van der Waals surface area contributed by atoms with Gasteiger partial charge in [-0.2, -0.15) is 0 Å². The molecular formula is C11H11F2N3S. The van der Waals surface area contributed by atoms with E-state index in [-0.39, 0.29) is 5.69 Å². The molecule has 2 rings (SSSR count). The van der Waals surface area contributed by atoms with Crippen molar-refractivity contribution in [1.82, 2.24) is 4.98 Å². The molecule has 0 radical (unpaired) electrons. The first-order valence-corrected chi connectivity index (χ1v) is 5.77. The van der Waals surface area contributed by atoms with Crippen LogP contribution in [0.4, 0.5) is 19.6 Å². The average Bonchev–Trinajstić information content (AvgIpc) is 2.80. The number of halogens is 2. The molecule has 0 aliphatic rings. The van der Waals surface area contributed by atoms with E-state index in [1.54, 1.807) is 13.2 Å². The first-order valence-electron chi connectivity index (χ1n) is 4.95. The van der Waals surface area contributed by atoms with Gasteiger partial charge in [0.25, 0.3) is 0 Å². The van der Waals surface area contributed by atoms with Crippen molar-refractivity contribution in [3.8, 4) is 0 Å². The lowest BCUT2D eigenvalue weighted by atomic mass is 10.3. The summed E-state index contributed by atoms with van der Waals surface area (Å²) in [6, 6.07) is 3.32. The fourth-order valence-electron chi connectivity index (χ4n) is 1.39. The number of rotatable bonds is 3. The molecule has 0 saturated heterocycles. The van der Waals surface area contributed by atoms with Crippen LogP contribution in [0, 0.1) is 11.6 Å². The largest absolute Gasteiger partial charge is 0.326 e. The molecule has 0 amide bonds. The van der Waals surface area contributed by atoms with Crippen molar-refractivity contribution >= 4 is 22.2 Å². The second kappa shape index (κ2) is 4.77. The van der Waals surface area contributed by atoms with Gasteiger partial charge < -0.3 is 10.6 Å². The molecule has 0 aliphatic heterocycles. The van der Waals surface area contributed by atoms with Crippen LogP contribution in [-0.4, -0.2) is 12.0 Å². The number of hydrogen-bond acceptors (Lipinski definition) is 4. The van der Waals surface area contributed by atoms with E-state index in [4.69, 9.17) is 5.73 Å². The normalized spacial score (nSPS) is 10.6. The van der Waals surface area contributed by atoms with Crippen LogP contribution in [0.3, 0.4) is 0 Å². The fraction of sp³-hybridized carbons (Fsp3) is 0.182. The maximum absolute atomic E-state index is 13.5. The lowest BCUT2D eigenvalue weighted by Gasteiger charge is -2.16. The fourth-order valence-corrected chi connectivity index (χ4v) is 2.16. The summed E-state index contributed by atoms with van der Waals surface area (Å²) in [5, 5.41) is 0.579. The van der Waals surface area contributed by atoms with Crippen LogP contribution in [0.2, 0.25) is 0 Å². The highest BCUT2D eigenvalue weighted by molar-refractivity contribution is 7.15. The van der Waals surface area contributed by atoms with Gasteiger partial charge in [0.15, 0.2) is 5.13 Å². The summed E-state index contributed by atoms with van der Waals surface area (Å²) in [5.74, 6) is -0.970. The van der Waals surface area contributed by atoms with Gasteiger partial charge in [-0.3, -0.25) is 0 Å². The van der Waals surface area contributed by atoms with Crippen molar-refractivity contribution in [3.63, 3.8) is 0 Å². The number of anilines is 2. The van der Waals surface area contributed by atoms with E-state index >= 15 is 0 Å². The predicted octanol–water partition coefficient (Wildman–Crippen LogP) is 2.65. The molecule has 0 saturated carbocycles. The van der Waals surface area contributed by atoms with Crippen LogP contribution in [0.15, 0.2) is 24.4 Å². The van der Waals surface area contributed by atoms with E-state index in [0.717, 1.165) is 23.1 Å². The zero-order chi connectivity index (χ0) is 12.4. The third-order valence-electron chi connectivity index (χ3n) is 2.30. The Balaban J connectivity index is 2.35. The lowest BCUT2D eigenvalue weighted by molar-refractivity contribution is 0.600. The summed E-state index contributed by atoms with van der Waals surface area (Å²) in [6.07, 6.45) is 1.63. The van der Waals surface area contributed by atoms with Crippen molar-refractivity contribution in [2.75, 3.05) is 11.9 Å². The Morgan fingerprint density at radius 2 is 2.18 bits per heavy atom. The Kier molecular flexibility index (Phi) is 3.35. The Labute approximate surface area is 102 Å². The molecule has 0 fully saturated rings. The van der Waals surface area contributed by atoms with Gasteiger partial charge >= 0.3 is 0 Å². The molecule has 0 atom stereocenters. The summed E-state index contributed by atoms with van der Waals surface area (Å²) >= 11 is 1.35. The first kappa shape index (κ1) is 11.9. The summed E-state index contributed by atoms with van der Waals surface area (Å²) in [5.41, 5.74) is 5.63. The average molecular weight is 255 g/mol. The predicted molar refractivity (Wildman–Crippen MR) is 64.4 cm³/mol. The van der Waals surface area contributed by atoms with E-state index in [0.29, 0.717) is 11.7 Å². The Bertz CT molecular complexity index is 527. The summed E-state index contributed by atoms with van der Waals surface area (Å²) in [6.45, 7) is 0.386. The molecule has 2 aromatic rings. The highest BCUT2D eigenvalue weighted by Gasteiger charge is 2.13. The van der Waals surface area contributed by atoms with Gasteiger partial charge in [0.05, 0.1) is 5.69 Å². The molecule has 0 bridgehead atoms. The maximum atomic E-state index is 13.5. The Morgan fingerprint density at radius 1 is 1.41 bits per heavy atom. The minimum absolute atomic E-state index is 0.155. The van der Waals surface area contributed by atoms with Crippen molar-refractivity contribution in [2.45, 2.75) is 6.54 Å². The smallest absolute Gasteiger partial charge is 0.189 e. The number of aromatic nitrogens is 1. The van der Waals surface area contributed by atoms with Gasteiger partial charge in [-0.25, -0.2) is 13.8 Å². The number of hydrogen-bond donors (Lipinski definition) is 1. The zero-order valence-corrected chi connectivity index (χ0v) is 9.97. The SMILES string of the molecule is CN(c1ncc(CN)s1)c1cc(F)ccc1F. The quantitative estimate of drug-likeness (QED) is 0.916. The monoisotopic (exact) mass is 255 g/mol. The van der Waals surface area contributed by atoms with E-state index in [2.05, 4.69) is 4.98 Å². The molecule has 6 heteroatoms. The highest BCUT2D eigenvalue weighted by Crippen LogP contribution is 2.30. The van der Waals surface area contributed by atoms with Crippen LogP contribution in [0.25, 0.3) is 0 Å². The van der Waals surface area contributed by atoms with E-state index in [1.807, 2.05) is 0 Å². The minimum Gasteiger partial charge on any atom is -0.326 e. The molecule has 1 aromatic heterocycles. The van der Waals surface area contributed by atoms with Crippen molar-refractivity contribution in [2.24, 2.45) is 5.73 Å². The van der Waals surface area contributed by atoms with Gasteiger partial charge in [0.1, 0.15) is 11.6 Å². The number of benzene rings is 1. The van der Waals surface area contributed by atoms with Crippen molar-refractivity contribution in [3.05, 3.63) is 40.9 Å². The van der Waals surface area contributed by atoms with E-state index in [1.165, 1.54) is 16.2 Å². The third-order valence-corrected chi connectivity index (χ3v) is 3.40. The van der Waals surface area contributed by atoms with Crippen LogP contribution < -0.4 is 10.6 Å². The Hall–Kier alpha value is -1.53. The van der Waals surface area contributed by atoms with Gasteiger partial charge in [0, 0.05) is 30.7 Å². The maximum Gasteiger partial charge on any atom is 0.189 e. The van der Waals surface area contributed by atoms with Gasteiger partial charge in [0.2, 0.25) is 0 Å². The first-order chi connectivity index (χ1) is 8.11. The third kappa shape index (κ3) is 2.42. The number of thiazole rings is 1. The Morgan fingerprint density at radius 3 is 2.82 bits per heavy atom. The van der Waals surface area contributed by atoms with Crippen LogP contribution >= 0.6 is 11.3 Å². The molecule has 17 heavy (non-hydrogen) atoms. The molecule has 2 N–H and O–H groups in total. The van der Waals surface area contributed by atoms with Gasteiger partial charge in [-0.05, 0) is 12.1 Å².